The Morgan fingerprint density at radius 3 is 2.17 bits per heavy atom. The minimum absolute atomic E-state index is 0.0303. The Hall–Kier alpha value is -3.12. The van der Waals surface area contributed by atoms with Crippen LogP contribution in [-0.2, 0) is 21.1 Å². The van der Waals surface area contributed by atoms with Gasteiger partial charge in [-0.1, -0.05) is 60.7 Å². The van der Waals surface area contributed by atoms with Crippen molar-refractivity contribution in [2.24, 2.45) is 0 Å². The standard InChI is InChI=1S/C23H23NO4S/c25-23(18-29(26,27)17-9-12-19-10-3-1-4-11-19)24-21-15-7-8-16-22(21)28-20-13-5-2-6-14-20/h1-8,10-11,13-16H,9,12,17-18H2,(H,24,25). The number of benzene rings is 3. The van der Waals surface area contributed by atoms with Gasteiger partial charge in [-0.15, -0.1) is 0 Å². The van der Waals surface area contributed by atoms with Gasteiger partial charge in [-0.05, 0) is 42.7 Å². The monoisotopic (exact) mass is 409 g/mol. The van der Waals surface area contributed by atoms with E-state index in [4.69, 9.17) is 4.74 Å². The van der Waals surface area contributed by atoms with Crippen molar-refractivity contribution in [1.82, 2.24) is 0 Å². The number of carbonyl (C=O) groups is 1. The lowest BCUT2D eigenvalue weighted by atomic mass is 10.1. The van der Waals surface area contributed by atoms with Crippen molar-refractivity contribution in [3.8, 4) is 11.5 Å². The van der Waals surface area contributed by atoms with Crippen LogP contribution in [0.4, 0.5) is 5.69 Å². The van der Waals surface area contributed by atoms with Crippen molar-refractivity contribution in [1.29, 1.82) is 0 Å². The van der Waals surface area contributed by atoms with Crippen LogP contribution >= 0.6 is 0 Å². The lowest BCUT2D eigenvalue weighted by Crippen LogP contribution is -2.25. The molecule has 1 N–H and O–H groups in total. The Morgan fingerprint density at radius 1 is 0.828 bits per heavy atom. The number of anilines is 1. The second-order valence-corrected chi connectivity index (χ2v) is 8.82. The molecule has 150 valence electrons. The van der Waals surface area contributed by atoms with Crippen molar-refractivity contribution in [2.45, 2.75) is 12.8 Å². The van der Waals surface area contributed by atoms with E-state index in [2.05, 4.69) is 5.32 Å². The van der Waals surface area contributed by atoms with E-state index in [9.17, 15) is 13.2 Å². The van der Waals surface area contributed by atoms with E-state index in [1.807, 2.05) is 48.5 Å². The van der Waals surface area contributed by atoms with Crippen molar-refractivity contribution >= 4 is 21.4 Å². The molecule has 0 aromatic heterocycles. The average molecular weight is 410 g/mol. The minimum Gasteiger partial charge on any atom is -0.455 e. The first-order valence-corrected chi connectivity index (χ1v) is 11.2. The summed E-state index contributed by atoms with van der Waals surface area (Å²) < 4.78 is 30.4. The third kappa shape index (κ3) is 6.76. The summed E-state index contributed by atoms with van der Waals surface area (Å²) in [6, 6.07) is 25.8. The van der Waals surface area contributed by atoms with E-state index in [0.29, 0.717) is 30.0 Å². The summed E-state index contributed by atoms with van der Waals surface area (Å²) >= 11 is 0. The maximum atomic E-state index is 12.3. The van der Waals surface area contributed by atoms with E-state index in [0.717, 1.165) is 5.56 Å². The summed E-state index contributed by atoms with van der Waals surface area (Å²) in [5, 5.41) is 2.65. The van der Waals surface area contributed by atoms with Crippen LogP contribution in [0.1, 0.15) is 12.0 Å². The number of ether oxygens (including phenoxy) is 1. The van der Waals surface area contributed by atoms with E-state index in [-0.39, 0.29) is 5.75 Å². The first-order valence-electron chi connectivity index (χ1n) is 9.38. The number of hydrogen-bond donors (Lipinski definition) is 1. The number of carbonyl (C=O) groups excluding carboxylic acids is 1. The summed E-state index contributed by atoms with van der Waals surface area (Å²) in [6.45, 7) is 0. The zero-order valence-electron chi connectivity index (χ0n) is 16.0. The Labute approximate surface area is 171 Å². The quantitative estimate of drug-likeness (QED) is 0.566. The fourth-order valence-corrected chi connectivity index (χ4v) is 4.07. The largest absolute Gasteiger partial charge is 0.455 e. The summed E-state index contributed by atoms with van der Waals surface area (Å²) in [6.07, 6.45) is 1.14. The third-order valence-corrected chi connectivity index (χ3v) is 5.86. The fraction of sp³-hybridized carbons (Fsp3) is 0.174. The third-order valence-electron chi connectivity index (χ3n) is 4.25. The van der Waals surface area contributed by atoms with Crippen molar-refractivity contribution in [2.75, 3.05) is 16.8 Å². The Bertz CT molecular complexity index is 1030. The predicted molar refractivity (Wildman–Crippen MR) is 115 cm³/mol. The molecule has 29 heavy (non-hydrogen) atoms. The van der Waals surface area contributed by atoms with Gasteiger partial charge in [-0.25, -0.2) is 8.42 Å². The summed E-state index contributed by atoms with van der Waals surface area (Å²) in [5.74, 6) is -0.0797. The van der Waals surface area contributed by atoms with Crippen molar-refractivity contribution in [3.05, 3.63) is 90.5 Å². The molecular formula is C23H23NO4S. The highest BCUT2D eigenvalue weighted by molar-refractivity contribution is 7.92. The van der Waals surface area contributed by atoms with Crippen LogP contribution in [0.3, 0.4) is 0 Å². The molecule has 0 unspecified atom stereocenters. The highest BCUT2D eigenvalue weighted by Gasteiger charge is 2.18. The Balaban J connectivity index is 1.56. The van der Waals surface area contributed by atoms with Crippen molar-refractivity contribution < 1.29 is 17.9 Å². The number of rotatable bonds is 9. The van der Waals surface area contributed by atoms with E-state index < -0.39 is 21.5 Å². The molecule has 1 amide bonds. The molecule has 0 aliphatic heterocycles. The van der Waals surface area contributed by atoms with Gasteiger partial charge >= 0.3 is 0 Å². The number of aryl methyl sites for hydroxylation is 1. The Morgan fingerprint density at radius 2 is 1.45 bits per heavy atom. The predicted octanol–water partition coefficient (Wildman–Crippen LogP) is 4.47. The number of sulfone groups is 1. The zero-order valence-corrected chi connectivity index (χ0v) is 16.8. The van der Waals surface area contributed by atoms with Crippen LogP contribution < -0.4 is 10.1 Å². The molecule has 0 spiro atoms. The highest BCUT2D eigenvalue weighted by Crippen LogP contribution is 2.29. The SMILES string of the molecule is O=C(CS(=O)(=O)CCCc1ccccc1)Nc1ccccc1Oc1ccccc1. The van der Waals surface area contributed by atoms with E-state index >= 15 is 0 Å². The van der Waals surface area contributed by atoms with Gasteiger partial charge in [0.1, 0.15) is 11.5 Å². The number of hydrogen-bond acceptors (Lipinski definition) is 4. The lowest BCUT2D eigenvalue weighted by molar-refractivity contribution is -0.113. The zero-order chi connectivity index (χ0) is 20.5. The molecule has 0 saturated heterocycles. The molecule has 3 aromatic rings. The topological polar surface area (TPSA) is 72.5 Å². The van der Waals surface area contributed by atoms with Gasteiger partial charge in [0.15, 0.2) is 15.6 Å². The van der Waals surface area contributed by atoms with Gasteiger partial charge in [0.05, 0.1) is 11.4 Å². The minimum atomic E-state index is -3.50. The normalized spacial score (nSPS) is 11.0. The van der Waals surface area contributed by atoms with Gasteiger partial charge < -0.3 is 10.1 Å². The number of amides is 1. The summed E-state index contributed by atoms with van der Waals surface area (Å²) in [7, 11) is -3.50. The lowest BCUT2D eigenvalue weighted by Gasteiger charge is -2.12. The molecule has 0 aliphatic rings. The van der Waals surface area contributed by atoms with Crippen LogP contribution in [-0.4, -0.2) is 25.8 Å². The number of para-hydroxylation sites is 3. The maximum absolute atomic E-state index is 12.3. The van der Waals surface area contributed by atoms with Gasteiger partial charge in [0, 0.05) is 0 Å². The van der Waals surface area contributed by atoms with Gasteiger partial charge in [-0.2, -0.15) is 0 Å². The summed E-state index contributed by atoms with van der Waals surface area (Å²) in [4.78, 5) is 12.3. The first kappa shape index (κ1) is 20.6. The van der Waals surface area contributed by atoms with Crippen molar-refractivity contribution in [3.63, 3.8) is 0 Å². The second kappa shape index (κ2) is 9.89. The average Bonchev–Trinajstić information content (AvgIpc) is 2.70. The summed E-state index contributed by atoms with van der Waals surface area (Å²) in [5.41, 5.74) is 1.51. The second-order valence-electron chi connectivity index (χ2n) is 6.64. The molecule has 0 heterocycles. The van der Waals surface area contributed by atoms with E-state index in [1.165, 1.54) is 0 Å². The highest BCUT2D eigenvalue weighted by atomic mass is 32.2. The molecule has 0 saturated carbocycles. The fourth-order valence-electron chi connectivity index (χ4n) is 2.87. The van der Waals surface area contributed by atoms with Crippen LogP contribution in [0.25, 0.3) is 0 Å². The number of nitrogens with one attached hydrogen (secondary N) is 1. The van der Waals surface area contributed by atoms with E-state index in [1.54, 1.807) is 36.4 Å². The maximum Gasteiger partial charge on any atom is 0.239 e. The van der Waals surface area contributed by atoms with Crippen LogP contribution in [0.15, 0.2) is 84.9 Å². The molecule has 6 heteroatoms. The molecule has 0 radical (unpaired) electrons. The van der Waals surface area contributed by atoms with Crippen LogP contribution in [0.2, 0.25) is 0 Å². The molecule has 0 fully saturated rings. The Kier molecular flexibility index (Phi) is 7.03. The molecule has 0 atom stereocenters. The van der Waals surface area contributed by atoms with Gasteiger partial charge in [0.25, 0.3) is 0 Å². The van der Waals surface area contributed by atoms with Crippen LogP contribution in [0, 0.1) is 0 Å². The first-order chi connectivity index (χ1) is 14.0. The molecule has 0 bridgehead atoms. The van der Waals surface area contributed by atoms with Gasteiger partial charge in [0.2, 0.25) is 5.91 Å². The molecule has 0 aliphatic carbocycles. The molecule has 3 aromatic carbocycles. The smallest absolute Gasteiger partial charge is 0.239 e. The molecule has 5 nitrogen and oxygen atoms in total. The molecular weight excluding hydrogens is 386 g/mol. The molecule has 3 rings (SSSR count). The van der Waals surface area contributed by atoms with Crippen LogP contribution in [0.5, 0.6) is 11.5 Å². The van der Waals surface area contributed by atoms with Gasteiger partial charge in [-0.3, -0.25) is 4.79 Å².